The maximum absolute atomic E-state index is 12.6. The van der Waals surface area contributed by atoms with E-state index in [4.69, 9.17) is 9.26 Å². The van der Waals surface area contributed by atoms with Gasteiger partial charge in [0.1, 0.15) is 0 Å². The van der Waals surface area contributed by atoms with Crippen molar-refractivity contribution in [2.75, 3.05) is 12.4 Å². The van der Waals surface area contributed by atoms with Gasteiger partial charge in [-0.1, -0.05) is 35.5 Å². The molecule has 146 valence electrons. The molecule has 0 bridgehead atoms. The summed E-state index contributed by atoms with van der Waals surface area (Å²) in [6.07, 6.45) is 0. The van der Waals surface area contributed by atoms with Crippen LogP contribution in [-0.4, -0.2) is 44.8 Å². The molecule has 0 saturated heterocycles. The van der Waals surface area contributed by atoms with E-state index >= 15 is 0 Å². The number of carbonyl (C=O) groups is 2. The number of benzene rings is 1. The third-order valence-electron chi connectivity index (χ3n) is 3.67. The molecule has 2 aromatic rings. The lowest BCUT2D eigenvalue weighted by Crippen LogP contribution is -2.46. The second-order valence-corrected chi connectivity index (χ2v) is 8.01. The van der Waals surface area contributed by atoms with Crippen LogP contribution in [0, 0.1) is 6.92 Å². The SMILES string of the molecule is Cc1nc(CSCC(=O)OCC(=O)N(Cc2ccccc2)C(C)(C)C)no1. The quantitative estimate of drug-likeness (QED) is 0.640. The summed E-state index contributed by atoms with van der Waals surface area (Å²) in [6, 6.07) is 9.73. The van der Waals surface area contributed by atoms with Crippen LogP contribution in [0.4, 0.5) is 0 Å². The lowest BCUT2D eigenvalue weighted by atomic mass is 10.0. The Kier molecular flexibility index (Phi) is 7.41. The van der Waals surface area contributed by atoms with Gasteiger partial charge in [-0.3, -0.25) is 9.59 Å². The molecule has 0 atom stereocenters. The predicted octanol–water partition coefficient (Wildman–Crippen LogP) is 2.98. The molecule has 0 radical (unpaired) electrons. The van der Waals surface area contributed by atoms with Crippen molar-refractivity contribution in [2.45, 2.75) is 45.5 Å². The zero-order valence-electron chi connectivity index (χ0n) is 16.1. The molecule has 0 aliphatic rings. The zero-order valence-corrected chi connectivity index (χ0v) is 16.9. The number of hydrogen-bond donors (Lipinski definition) is 0. The van der Waals surface area contributed by atoms with E-state index in [2.05, 4.69) is 10.1 Å². The molecule has 2 rings (SSSR count). The number of aryl methyl sites for hydroxylation is 1. The molecular weight excluding hydrogens is 366 g/mol. The minimum atomic E-state index is -0.442. The summed E-state index contributed by atoms with van der Waals surface area (Å²) < 4.78 is 10.0. The van der Waals surface area contributed by atoms with Gasteiger partial charge >= 0.3 is 5.97 Å². The minimum Gasteiger partial charge on any atom is -0.455 e. The molecule has 0 aliphatic heterocycles. The monoisotopic (exact) mass is 391 g/mol. The van der Waals surface area contributed by atoms with Gasteiger partial charge in [0.2, 0.25) is 5.89 Å². The smallest absolute Gasteiger partial charge is 0.316 e. The Bertz CT molecular complexity index is 756. The van der Waals surface area contributed by atoms with Crippen LogP contribution in [-0.2, 0) is 26.6 Å². The summed E-state index contributed by atoms with van der Waals surface area (Å²) >= 11 is 1.31. The van der Waals surface area contributed by atoms with Gasteiger partial charge in [0.05, 0.1) is 11.5 Å². The van der Waals surface area contributed by atoms with E-state index in [0.717, 1.165) is 5.56 Å². The molecule has 27 heavy (non-hydrogen) atoms. The number of thioether (sulfide) groups is 1. The molecule has 7 nitrogen and oxygen atoms in total. The Morgan fingerprint density at radius 1 is 1.22 bits per heavy atom. The average Bonchev–Trinajstić information content (AvgIpc) is 3.03. The van der Waals surface area contributed by atoms with Crippen molar-refractivity contribution in [3.05, 3.63) is 47.6 Å². The van der Waals surface area contributed by atoms with Crippen molar-refractivity contribution in [3.8, 4) is 0 Å². The lowest BCUT2D eigenvalue weighted by Gasteiger charge is -2.35. The molecule has 0 fully saturated rings. The van der Waals surface area contributed by atoms with Crippen molar-refractivity contribution >= 4 is 23.6 Å². The van der Waals surface area contributed by atoms with E-state index in [1.807, 2.05) is 51.1 Å². The first-order chi connectivity index (χ1) is 12.8. The van der Waals surface area contributed by atoms with Gasteiger partial charge in [0.25, 0.3) is 5.91 Å². The second-order valence-electron chi connectivity index (χ2n) is 7.02. The summed E-state index contributed by atoms with van der Waals surface area (Å²) in [5.41, 5.74) is 0.642. The number of amides is 1. The number of esters is 1. The van der Waals surface area contributed by atoms with Crippen molar-refractivity contribution in [3.63, 3.8) is 0 Å². The van der Waals surface area contributed by atoms with E-state index in [-0.39, 0.29) is 23.8 Å². The number of hydrogen-bond acceptors (Lipinski definition) is 7. The molecular formula is C19H25N3O4S. The molecule has 0 aliphatic carbocycles. The molecule has 0 unspecified atom stereocenters. The standard InChI is InChI=1S/C19H25N3O4S/c1-14-20-16(21-26-14)12-27-13-18(24)25-11-17(23)22(19(2,3)4)10-15-8-6-5-7-9-15/h5-9H,10-13H2,1-4H3. The Balaban J connectivity index is 1.80. The predicted molar refractivity (Wildman–Crippen MR) is 103 cm³/mol. The second kappa shape index (κ2) is 9.55. The summed E-state index contributed by atoms with van der Waals surface area (Å²) in [5.74, 6) is 0.917. The zero-order chi connectivity index (χ0) is 19.9. The van der Waals surface area contributed by atoms with Crippen LogP contribution < -0.4 is 0 Å². The van der Waals surface area contributed by atoms with E-state index in [0.29, 0.717) is 24.0 Å². The van der Waals surface area contributed by atoms with Crippen LogP contribution in [0.1, 0.15) is 38.0 Å². The van der Waals surface area contributed by atoms with Gasteiger partial charge in [-0.05, 0) is 26.3 Å². The molecule has 1 amide bonds. The Hall–Kier alpha value is -2.35. The van der Waals surface area contributed by atoms with Crippen LogP contribution >= 0.6 is 11.8 Å². The summed E-state index contributed by atoms with van der Waals surface area (Å²) in [5, 5.41) is 3.76. The number of aromatic nitrogens is 2. The van der Waals surface area contributed by atoms with Gasteiger partial charge in [-0.25, -0.2) is 0 Å². The third-order valence-corrected chi connectivity index (χ3v) is 4.57. The van der Waals surface area contributed by atoms with E-state index in [1.165, 1.54) is 11.8 Å². The Morgan fingerprint density at radius 3 is 2.52 bits per heavy atom. The molecule has 8 heteroatoms. The van der Waals surface area contributed by atoms with Crippen molar-refractivity contribution in [1.29, 1.82) is 0 Å². The Morgan fingerprint density at radius 2 is 1.93 bits per heavy atom. The van der Waals surface area contributed by atoms with Crippen LogP contribution in [0.5, 0.6) is 0 Å². The third kappa shape index (κ3) is 7.05. The number of carbonyl (C=O) groups excluding carboxylic acids is 2. The highest BCUT2D eigenvalue weighted by molar-refractivity contribution is 7.99. The number of rotatable bonds is 8. The highest BCUT2D eigenvalue weighted by atomic mass is 32.2. The fourth-order valence-electron chi connectivity index (χ4n) is 2.35. The molecule has 1 aromatic carbocycles. The van der Waals surface area contributed by atoms with Crippen LogP contribution in [0.15, 0.2) is 34.9 Å². The van der Waals surface area contributed by atoms with Gasteiger partial charge in [-0.15, -0.1) is 11.8 Å². The van der Waals surface area contributed by atoms with Gasteiger partial charge < -0.3 is 14.2 Å². The van der Waals surface area contributed by atoms with Crippen molar-refractivity contribution in [1.82, 2.24) is 15.0 Å². The molecule has 1 heterocycles. The molecule has 0 spiro atoms. The normalized spacial score (nSPS) is 11.3. The first-order valence-corrected chi connectivity index (χ1v) is 9.78. The van der Waals surface area contributed by atoms with Gasteiger partial charge in [0, 0.05) is 19.0 Å². The number of ether oxygens (including phenoxy) is 1. The van der Waals surface area contributed by atoms with E-state index in [9.17, 15) is 9.59 Å². The maximum Gasteiger partial charge on any atom is 0.316 e. The first-order valence-electron chi connectivity index (χ1n) is 8.62. The molecule has 0 saturated carbocycles. The fraction of sp³-hybridized carbons (Fsp3) is 0.474. The highest BCUT2D eigenvalue weighted by Gasteiger charge is 2.27. The van der Waals surface area contributed by atoms with E-state index < -0.39 is 5.97 Å². The van der Waals surface area contributed by atoms with Crippen LogP contribution in [0.25, 0.3) is 0 Å². The molecule has 0 N–H and O–H groups in total. The summed E-state index contributed by atoms with van der Waals surface area (Å²) in [4.78, 5) is 30.3. The first kappa shape index (κ1) is 21.0. The number of nitrogens with zero attached hydrogens (tertiary/aromatic N) is 3. The van der Waals surface area contributed by atoms with Gasteiger partial charge in [-0.2, -0.15) is 4.98 Å². The largest absolute Gasteiger partial charge is 0.455 e. The summed E-state index contributed by atoms with van der Waals surface area (Å²) in [7, 11) is 0. The Labute approximate surface area is 163 Å². The minimum absolute atomic E-state index is 0.120. The van der Waals surface area contributed by atoms with Crippen LogP contribution in [0.2, 0.25) is 0 Å². The van der Waals surface area contributed by atoms with Crippen molar-refractivity contribution < 1.29 is 18.8 Å². The molecule has 1 aromatic heterocycles. The van der Waals surface area contributed by atoms with Crippen LogP contribution in [0.3, 0.4) is 0 Å². The lowest BCUT2D eigenvalue weighted by molar-refractivity contribution is -0.152. The topological polar surface area (TPSA) is 85.5 Å². The fourth-order valence-corrected chi connectivity index (χ4v) is 3.00. The van der Waals surface area contributed by atoms with E-state index in [1.54, 1.807) is 11.8 Å². The van der Waals surface area contributed by atoms with Gasteiger partial charge in [0.15, 0.2) is 12.4 Å². The van der Waals surface area contributed by atoms with Crippen molar-refractivity contribution in [2.24, 2.45) is 0 Å². The highest BCUT2D eigenvalue weighted by Crippen LogP contribution is 2.18. The summed E-state index contributed by atoms with van der Waals surface area (Å²) in [6.45, 7) is 7.77. The average molecular weight is 391 g/mol. The maximum atomic E-state index is 12.6.